The Bertz CT molecular complexity index is 550. The van der Waals surface area contributed by atoms with Gasteiger partial charge < -0.3 is 5.32 Å². The van der Waals surface area contributed by atoms with Crippen molar-refractivity contribution in [2.45, 2.75) is 12.6 Å². The first-order valence-electron chi connectivity index (χ1n) is 5.15. The zero-order valence-corrected chi connectivity index (χ0v) is 9.40. The number of halogens is 3. The Balaban J connectivity index is 2.01. The maximum absolute atomic E-state index is 12.0. The van der Waals surface area contributed by atoms with Crippen LogP contribution in [-0.4, -0.2) is 32.7 Å². The first kappa shape index (κ1) is 13.0. The number of nitrogens with one attached hydrogen (secondary N) is 2. The van der Waals surface area contributed by atoms with Crippen LogP contribution < -0.4 is 5.32 Å². The molecule has 0 fully saturated rings. The van der Waals surface area contributed by atoms with Crippen molar-refractivity contribution in [1.29, 1.82) is 0 Å². The Morgan fingerprint density at radius 1 is 1.26 bits per heavy atom. The van der Waals surface area contributed by atoms with Crippen molar-refractivity contribution in [3.8, 4) is 0 Å². The summed E-state index contributed by atoms with van der Waals surface area (Å²) in [5.74, 6) is -1.47. The second kappa shape index (κ2) is 5.04. The van der Waals surface area contributed by atoms with Gasteiger partial charge in [0.05, 0.1) is 0 Å². The summed E-state index contributed by atoms with van der Waals surface area (Å²) < 4.78 is 36.1. The molecule has 0 bridgehead atoms. The Morgan fingerprint density at radius 3 is 2.47 bits per heavy atom. The van der Waals surface area contributed by atoms with Crippen LogP contribution in [0.15, 0.2) is 24.3 Å². The highest BCUT2D eigenvalue weighted by Gasteiger charge is 2.38. The van der Waals surface area contributed by atoms with E-state index in [9.17, 15) is 18.0 Å². The lowest BCUT2D eigenvalue weighted by atomic mass is 10.1. The van der Waals surface area contributed by atoms with Crippen LogP contribution in [0.1, 0.15) is 11.4 Å². The Labute approximate surface area is 105 Å². The van der Waals surface area contributed by atoms with E-state index in [2.05, 4.69) is 20.6 Å². The number of alkyl halides is 3. The van der Waals surface area contributed by atoms with Crippen molar-refractivity contribution in [1.82, 2.24) is 20.6 Å². The molecule has 6 nitrogen and oxygen atoms in total. The summed E-state index contributed by atoms with van der Waals surface area (Å²) in [5, 5.41) is 14.8. The van der Waals surface area contributed by atoms with E-state index < -0.39 is 12.1 Å². The minimum atomic E-state index is -4.90. The zero-order chi connectivity index (χ0) is 13.9. The number of carbonyl (C=O) groups is 1. The number of H-pyrrole nitrogens is 1. The smallest absolute Gasteiger partial charge is 0.318 e. The normalized spacial score (nSPS) is 11.3. The van der Waals surface area contributed by atoms with Crippen LogP contribution in [0.3, 0.4) is 0 Å². The van der Waals surface area contributed by atoms with Gasteiger partial charge in [0, 0.05) is 12.1 Å². The summed E-state index contributed by atoms with van der Waals surface area (Å²) >= 11 is 0. The van der Waals surface area contributed by atoms with Crippen molar-refractivity contribution >= 4 is 11.6 Å². The molecule has 0 unspecified atom stereocenters. The van der Waals surface area contributed by atoms with Gasteiger partial charge in [0.15, 0.2) is 5.82 Å². The highest BCUT2D eigenvalue weighted by atomic mass is 19.4. The third-order valence-corrected chi connectivity index (χ3v) is 2.23. The van der Waals surface area contributed by atoms with Gasteiger partial charge in [-0.1, -0.05) is 12.1 Å². The number of anilines is 1. The second-order valence-corrected chi connectivity index (χ2v) is 3.67. The molecule has 100 valence electrons. The summed E-state index contributed by atoms with van der Waals surface area (Å²) in [4.78, 5) is 10.7. The van der Waals surface area contributed by atoms with Crippen LogP contribution in [0.5, 0.6) is 0 Å². The number of tetrazole rings is 1. The lowest BCUT2D eigenvalue weighted by Crippen LogP contribution is -2.29. The molecule has 1 heterocycles. The zero-order valence-electron chi connectivity index (χ0n) is 9.40. The number of hydrogen-bond donors (Lipinski definition) is 2. The molecule has 0 aliphatic rings. The second-order valence-electron chi connectivity index (χ2n) is 3.67. The van der Waals surface area contributed by atoms with Crippen LogP contribution in [0, 0.1) is 0 Å². The molecule has 0 saturated carbocycles. The van der Waals surface area contributed by atoms with Gasteiger partial charge in [0.2, 0.25) is 0 Å². The molecule has 0 aliphatic carbocycles. The van der Waals surface area contributed by atoms with E-state index >= 15 is 0 Å². The first-order chi connectivity index (χ1) is 8.95. The van der Waals surface area contributed by atoms with Gasteiger partial charge in [-0.25, -0.2) is 5.10 Å². The minimum Gasteiger partial charge on any atom is -0.318 e. The van der Waals surface area contributed by atoms with Crippen molar-refractivity contribution in [3.63, 3.8) is 0 Å². The van der Waals surface area contributed by atoms with Crippen molar-refractivity contribution in [2.24, 2.45) is 0 Å². The van der Waals surface area contributed by atoms with Crippen LogP contribution in [-0.2, 0) is 11.2 Å². The van der Waals surface area contributed by atoms with Gasteiger partial charge in [0.1, 0.15) is 0 Å². The molecule has 2 rings (SSSR count). The number of hydrogen-bond acceptors (Lipinski definition) is 4. The molecule has 0 aliphatic heterocycles. The monoisotopic (exact) mass is 271 g/mol. The number of aromatic nitrogens is 4. The molecule has 2 aromatic rings. The molecular formula is C10H8F3N5O. The van der Waals surface area contributed by atoms with E-state index in [1.165, 1.54) is 12.1 Å². The van der Waals surface area contributed by atoms with Gasteiger partial charge in [-0.3, -0.25) is 4.79 Å². The summed E-state index contributed by atoms with van der Waals surface area (Å²) in [6, 6.07) is 5.91. The predicted molar refractivity (Wildman–Crippen MR) is 58.1 cm³/mol. The van der Waals surface area contributed by atoms with Crippen molar-refractivity contribution in [2.75, 3.05) is 5.32 Å². The largest absolute Gasteiger partial charge is 0.471 e. The maximum atomic E-state index is 12.0. The third kappa shape index (κ3) is 3.50. The van der Waals surface area contributed by atoms with E-state index in [0.29, 0.717) is 12.2 Å². The van der Waals surface area contributed by atoms with E-state index in [-0.39, 0.29) is 5.69 Å². The molecule has 0 radical (unpaired) electrons. The summed E-state index contributed by atoms with van der Waals surface area (Å²) in [7, 11) is 0. The quantitative estimate of drug-likeness (QED) is 0.881. The number of carbonyl (C=O) groups excluding carboxylic acids is 1. The lowest BCUT2D eigenvalue weighted by Gasteiger charge is -2.08. The van der Waals surface area contributed by atoms with E-state index in [1.807, 2.05) is 0 Å². The molecule has 9 heteroatoms. The number of benzene rings is 1. The fourth-order valence-electron chi connectivity index (χ4n) is 1.35. The Kier molecular flexibility index (Phi) is 3.45. The van der Waals surface area contributed by atoms with Gasteiger partial charge in [0.25, 0.3) is 0 Å². The molecule has 1 aromatic heterocycles. The predicted octanol–water partition coefficient (Wildman–Crippen LogP) is 1.29. The first-order valence-corrected chi connectivity index (χ1v) is 5.15. The highest BCUT2D eigenvalue weighted by molar-refractivity contribution is 5.94. The van der Waals surface area contributed by atoms with E-state index in [1.54, 1.807) is 17.4 Å². The van der Waals surface area contributed by atoms with Gasteiger partial charge in [-0.15, -0.1) is 5.10 Å². The SMILES string of the molecule is O=C(Nc1ccc(Cc2nnn[nH]2)cc1)C(F)(F)F. The number of rotatable bonds is 3. The van der Waals surface area contributed by atoms with E-state index in [4.69, 9.17) is 0 Å². The van der Waals surface area contributed by atoms with Crippen molar-refractivity contribution < 1.29 is 18.0 Å². The van der Waals surface area contributed by atoms with Crippen LogP contribution in [0.4, 0.5) is 18.9 Å². The molecule has 0 spiro atoms. The summed E-state index contributed by atoms with van der Waals surface area (Å²) in [6.07, 6.45) is -4.48. The molecule has 0 atom stereocenters. The number of amides is 1. The minimum absolute atomic E-state index is 0.0711. The fraction of sp³-hybridized carbons (Fsp3) is 0.200. The Morgan fingerprint density at radius 2 is 1.95 bits per heavy atom. The molecule has 1 aromatic carbocycles. The van der Waals surface area contributed by atoms with Gasteiger partial charge in [-0.05, 0) is 28.1 Å². The average Bonchev–Trinajstić information content (AvgIpc) is 2.83. The molecular weight excluding hydrogens is 263 g/mol. The molecule has 2 N–H and O–H groups in total. The fourth-order valence-corrected chi connectivity index (χ4v) is 1.35. The molecule has 0 saturated heterocycles. The molecule has 19 heavy (non-hydrogen) atoms. The molecule has 1 amide bonds. The van der Waals surface area contributed by atoms with Crippen LogP contribution >= 0.6 is 0 Å². The number of nitrogens with zero attached hydrogens (tertiary/aromatic N) is 3. The lowest BCUT2D eigenvalue weighted by molar-refractivity contribution is -0.167. The van der Waals surface area contributed by atoms with Crippen LogP contribution in [0.2, 0.25) is 0 Å². The third-order valence-electron chi connectivity index (χ3n) is 2.23. The standard InChI is InChI=1S/C10H8F3N5O/c11-10(12,13)9(19)14-7-3-1-6(2-4-7)5-8-15-17-18-16-8/h1-4H,5H2,(H,14,19)(H,15,16,17,18). The summed E-state index contributed by atoms with van der Waals surface area (Å²) in [6.45, 7) is 0. The van der Waals surface area contributed by atoms with Crippen LogP contribution in [0.25, 0.3) is 0 Å². The Hall–Kier alpha value is -2.45. The average molecular weight is 271 g/mol. The topological polar surface area (TPSA) is 83.6 Å². The number of aromatic amines is 1. The highest BCUT2D eigenvalue weighted by Crippen LogP contribution is 2.18. The summed E-state index contributed by atoms with van der Waals surface area (Å²) in [5.41, 5.74) is 0.866. The maximum Gasteiger partial charge on any atom is 0.471 e. The van der Waals surface area contributed by atoms with Gasteiger partial charge in [-0.2, -0.15) is 13.2 Å². The van der Waals surface area contributed by atoms with Crippen molar-refractivity contribution in [3.05, 3.63) is 35.7 Å². The van der Waals surface area contributed by atoms with E-state index in [0.717, 1.165) is 5.56 Å². The van der Waals surface area contributed by atoms with Gasteiger partial charge >= 0.3 is 12.1 Å².